The van der Waals surface area contributed by atoms with E-state index in [2.05, 4.69) is 5.32 Å². The van der Waals surface area contributed by atoms with Crippen molar-refractivity contribution in [2.24, 2.45) is 17.8 Å². The number of carbonyl (C=O) groups is 1. The van der Waals surface area contributed by atoms with Gasteiger partial charge in [0.25, 0.3) is 0 Å². The minimum absolute atomic E-state index is 0.380. The third kappa shape index (κ3) is 1.97. The maximum absolute atomic E-state index is 12.5. The lowest BCUT2D eigenvalue weighted by molar-refractivity contribution is -0.137. The van der Waals surface area contributed by atoms with E-state index >= 15 is 0 Å². The predicted molar refractivity (Wildman–Crippen MR) is 63.0 cm³/mol. The fourth-order valence-electron chi connectivity index (χ4n) is 3.08. The van der Waals surface area contributed by atoms with Crippen molar-refractivity contribution in [2.45, 2.75) is 38.1 Å². The molecule has 1 amide bonds. The molecule has 0 aromatic heterocycles. The number of rotatable bonds is 4. The summed E-state index contributed by atoms with van der Waals surface area (Å²) >= 11 is 0. The van der Waals surface area contributed by atoms with Crippen molar-refractivity contribution in [1.82, 2.24) is 10.2 Å². The first-order valence-corrected chi connectivity index (χ1v) is 6.75. The number of likely N-dealkylation sites (N-methyl/N-ethyl adjacent to an activating group) is 1. The number of amides is 1. The maximum atomic E-state index is 12.5. The second-order valence-corrected chi connectivity index (χ2v) is 5.80. The Hall–Kier alpha value is -0.570. The zero-order valence-corrected chi connectivity index (χ0v) is 10.1. The fourth-order valence-corrected chi connectivity index (χ4v) is 3.08. The molecule has 1 saturated heterocycles. The van der Waals surface area contributed by atoms with Crippen LogP contribution in [0.25, 0.3) is 0 Å². The Kier molecular flexibility index (Phi) is 2.66. The highest BCUT2D eigenvalue weighted by molar-refractivity contribution is 5.80. The van der Waals surface area contributed by atoms with Crippen LogP contribution in [0.2, 0.25) is 0 Å². The molecule has 90 valence electrons. The Balaban J connectivity index is 1.64. The third-order valence-electron chi connectivity index (χ3n) is 4.47. The summed E-state index contributed by atoms with van der Waals surface area (Å²) in [4.78, 5) is 14.5. The lowest BCUT2D eigenvalue weighted by atomic mass is 9.95. The third-order valence-corrected chi connectivity index (χ3v) is 4.47. The Labute approximate surface area is 97.6 Å². The molecule has 3 fully saturated rings. The normalized spacial score (nSPS) is 29.8. The predicted octanol–water partition coefficient (Wildman–Crippen LogP) is 1.24. The van der Waals surface area contributed by atoms with Gasteiger partial charge in [-0.15, -0.1) is 0 Å². The summed E-state index contributed by atoms with van der Waals surface area (Å²) in [5, 5.41) is 3.34. The van der Waals surface area contributed by atoms with E-state index in [0.29, 0.717) is 17.9 Å². The van der Waals surface area contributed by atoms with Gasteiger partial charge in [-0.2, -0.15) is 0 Å². The van der Waals surface area contributed by atoms with E-state index < -0.39 is 0 Å². The molecule has 3 heteroatoms. The number of nitrogens with one attached hydrogen (secondary N) is 1. The van der Waals surface area contributed by atoms with Crippen molar-refractivity contribution in [1.29, 1.82) is 0 Å². The molecule has 0 aromatic carbocycles. The fraction of sp³-hybridized carbons (Fsp3) is 0.923. The van der Waals surface area contributed by atoms with Gasteiger partial charge < -0.3 is 10.2 Å². The van der Waals surface area contributed by atoms with Crippen LogP contribution in [0.1, 0.15) is 32.1 Å². The zero-order chi connectivity index (χ0) is 11.1. The van der Waals surface area contributed by atoms with Crippen LogP contribution in [-0.2, 0) is 4.79 Å². The van der Waals surface area contributed by atoms with Crippen molar-refractivity contribution < 1.29 is 4.79 Å². The van der Waals surface area contributed by atoms with Gasteiger partial charge in [-0.1, -0.05) is 0 Å². The van der Waals surface area contributed by atoms with E-state index in [4.69, 9.17) is 0 Å². The minimum Gasteiger partial charge on any atom is -0.341 e. The Morgan fingerprint density at radius 1 is 1.19 bits per heavy atom. The molecule has 3 nitrogen and oxygen atoms in total. The molecule has 1 N–H and O–H groups in total. The van der Waals surface area contributed by atoms with Crippen molar-refractivity contribution in [2.75, 3.05) is 20.1 Å². The van der Waals surface area contributed by atoms with Gasteiger partial charge in [-0.05, 0) is 50.5 Å². The Morgan fingerprint density at radius 3 is 2.25 bits per heavy atom. The minimum atomic E-state index is 0.380. The molecule has 1 heterocycles. The largest absolute Gasteiger partial charge is 0.341 e. The van der Waals surface area contributed by atoms with Crippen LogP contribution in [0.5, 0.6) is 0 Å². The van der Waals surface area contributed by atoms with Crippen molar-refractivity contribution in [3.05, 3.63) is 0 Å². The highest BCUT2D eigenvalue weighted by Gasteiger charge is 2.47. The molecule has 0 aromatic rings. The number of carbonyl (C=O) groups excluding carboxylic acids is 1. The topological polar surface area (TPSA) is 32.3 Å². The zero-order valence-electron chi connectivity index (χ0n) is 10.1. The second kappa shape index (κ2) is 4.02. The maximum Gasteiger partial charge on any atom is 0.226 e. The van der Waals surface area contributed by atoms with Gasteiger partial charge in [-0.25, -0.2) is 0 Å². The smallest absolute Gasteiger partial charge is 0.226 e. The molecule has 0 bridgehead atoms. The van der Waals surface area contributed by atoms with Crippen LogP contribution in [0.4, 0.5) is 0 Å². The Morgan fingerprint density at radius 2 is 1.81 bits per heavy atom. The van der Waals surface area contributed by atoms with Crippen LogP contribution < -0.4 is 5.32 Å². The monoisotopic (exact) mass is 222 g/mol. The standard InChI is InChI=1S/C13H22N2O/c1-15(11-6-7-14-8-11)13(16)12(9-2-3-9)10-4-5-10/h9-12,14H,2-8H2,1H3. The van der Waals surface area contributed by atoms with E-state index in [1.807, 2.05) is 11.9 Å². The molecule has 0 radical (unpaired) electrons. The van der Waals surface area contributed by atoms with Crippen LogP contribution >= 0.6 is 0 Å². The van der Waals surface area contributed by atoms with Crippen molar-refractivity contribution in [3.63, 3.8) is 0 Å². The molecule has 2 saturated carbocycles. The molecule has 16 heavy (non-hydrogen) atoms. The van der Waals surface area contributed by atoms with Gasteiger partial charge in [0, 0.05) is 25.6 Å². The SMILES string of the molecule is CN(C(=O)C(C1CC1)C1CC1)C1CCNC1. The van der Waals surface area contributed by atoms with Crippen LogP contribution in [0.3, 0.4) is 0 Å². The molecule has 1 aliphatic heterocycles. The summed E-state index contributed by atoms with van der Waals surface area (Å²) in [6.45, 7) is 2.06. The molecule has 3 aliphatic rings. The van der Waals surface area contributed by atoms with E-state index in [1.54, 1.807) is 0 Å². The highest BCUT2D eigenvalue weighted by Crippen LogP contribution is 2.50. The van der Waals surface area contributed by atoms with Gasteiger partial charge >= 0.3 is 0 Å². The summed E-state index contributed by atoms with van der Waals surface area (Å²) in [6, 6.07) is 0.451. The molecule has 3 rings (SSSR count). The molecule has 1 unspecified atom stereocenters. The number of hydrogen-bond acceptors (Lipinski definition) is 2. The van der Waals surface area contributed by atoms with E-state index in [0.717, 1.165) is 31.3 Å². The number of hydrogen-bond donors (Lipinski definition) is 1. The molecular weight excluding hydrogens is 200 g/mol. The molecule has 0 spiro atoms. The first kappa shape index (κ1) is 10.6. The highest BCUT2D eigenvalue weighted by atomic mass is 16.2. The van der Waals surface area contributed by atoms with Crippen molar-refractivity contribution >= 4 is 5.91 Å². The summed E-state index contributed by atoms with van der Waals surface area (Å²) in [6.07, 6.45) is 6.31. The van der Waals surface area contributed by atoms with Crippen LogP contribution in [-0.4, -0.2) is 37.0 Å². The van der Waals surface area contributed by atoms with E-state index in [1.165, 1.54) is 25.7 Å². The first-order valence-electron chi connectivity index (χ1n) is 6.75. The summed E-state index contributed by atoms with van der Waals surface area (Å²) in [5.74, 6) is 2.29. The van der Waals surface area contributed by atoms with Gasteiger partial charge in [0.05, 0.1) is 0 Å². The van der Waals surface area contributed by atoms with Gasteiger partial charge in [0.1, 0.15) is 0 Å². The first-order chi connectivity index (χ1) is 7.77. The molecular formula is C13H22N2O. The Bertz CT molecular complexity index is 266. The van der Waals surface area contributed by atoms with Crippen molar-refractivity contribution in [3.8, 4) is 0 Å². The van der Waals surface area contributed by atoms with Crippen LogP contribution in [0.15, 0.2) is 0 Å². The van der Waals surface area contributed by atoms with Gasteiger partial charge in [-0.3, -0.25) is 4.79 Å². The quantitative estimate of drug-likeness (QED) is 0.776. The molecule has 1 atom stereocenters. The van der Waals surface area contributed by atoms with E-state index in [-0.39, 0.29) is 0 Å². The lowest BCUT2D eigenvalue weighted by Crippen LogP contribution is -2.43. The van der Waals surface area contributed by atoms with Crippen LogP contribution in [0, 0.1) is 17.8 Å². The number of nitrogens with zero attached hydrogens (tertiary/aromatic N) is 1. The lowest BCUT2D eigenvalue weighted by Gasteiger charge is -2.28. The summed E-state index contributed by atoms with van der Waals surface area (Å²) < 4.78 is 0. The van der Waals surface area contributed by atoms with E-state index in [9.17, 15) is 4.79 Å². The van der Waals surface area contributed by atoms with Gasteiger partial charge in [0.2, 0.25) is 5.91 Å². The average molecular weight is 222 g/mol. The average Bonchev–Trinajstić information content (AvgIpc) is 3.21. The van der Waals surface area contributed by atoms with Gasteiger partial charge in [0.15, 0.2) is 0 Å². The second-order valence-electron chi connectivity index (χ2n) is 5.80. The summed E-state index contributed by atoms with van der Waals surface area (Å²) in [7, 11) is 2.01. The summed E-state index contributed by atoms with van der Waals surface area (Å²) in [5.41, 5.74) is 0. The molecule has 2 aliphatic carbocycles.